The van der Waals surface area contributed by atoms with Gasteiger partial charge in [-0.1, -0.05) is 47.5 Å². The van der Waals surface area contributed by atoms with Crippen LogP contribution in [0.4, 0.5) is 5.69 Å². The summed E-state index contributed by atoms with van der Waals surface area (Å²) in [5.41, 5.74) is 4.19. The van der Waals surface area contributed by atoms with Crippen molar-refractivity contribution < 1.29 is 9.59 Å². The van der Waals surface area contributed by atoms with Gasteiger partial charge in [-0.3, -0.25) is 14.5 Å². The topological polar surface area (TPSA) is 52.7 Å². The van der Waals surface area contributed by atoms with Gasteiger partial charge in [-0.25, -0.2) is 0 Å². The standard InChI is InChI=1S/C21H27N3O2/c1-16-5-9-18(10-6-16)13-24(4)21(26)15-23(3)14-20(25)22-19-11-7-17(2)8-12-19/h5-12H,13-15H2,1-4H3,(H,22,25). The van der Waals surface area contributed by atoms with E-state index in [-0.39, 0.29) is 24.9 Å². The summed E-state index contributed by atoms with van der Waals surface area (Å²) in [5, 5.41) is 2.84. The maximum absolute atomic E-state index is 12.4. The molecular weight excluding hydrogens is 326 g/mol. The predicted molar refractivity (Wildman–Crippen MR) is 105 cm³/mol. The number of nitrogens with zero attached hydrogens (tertiary/aromatic N) is 2. The van der Waals surface area contributed by atoms with Crippen molar-refractivity contribution in [3.63, 3.8) is 0 Å². The quantitative estimate of drug-likeness (QED) is 0.833. The SMILES string of the molecule is Cc1ccc(CN(C)C(=O)CN(C)CC(=O)Nc2ccc(C)cc2)cc1. The number of nitrogens with one attached hydrogen (secondary N) is 1. The molecule has 26 heavy (non-hydrogen) atoms. The van der Waals surface area contributed by atoms with Crippen LogP contribution in [0.2, 0.25) is 0 Å². The van der Waals surface area contributed by atoms with Gasteiger partial charge >= 0.3 is 0 Å². The molecule has 138 valence electrons. The van der Waals surface area contributed by atoms with Crippen molar-refractivity contribution in [3.05, 3.63) is 65.2 Å². The first-order valence-corrected chi connectivity index (χ1v) is 8.68. The van der Waals surface area contributed by atoms with Gasteiger partial charge in [-0.15, -0.1) is 0 Å². The van der Waals surface area contributed by atoms with Crippen LogP contribution >= 0.6 is 0 Å². The lowest BCUT2D eigenvalue weighted by Gasteiger charge is -2.22. The molecule has 0 fully saturated rings. The zero-order chi connectivity index (χ0) is 19.1. The normalized spacial score (nSPS) is 10.7. The summed E-state index contributed by atoms with van der Waals surface area (Å²) < 4.78 is 0. The van der Waals surface area contributed by atoms with Crippen molar-refractivity contribution in [1.82, 2.24) is 9.80 Å². The highest BCUT2D eigenvalue weighted by molar-refractivity contribution is 5.92. The van der Waals surface area contributed by atoms with Gasteiger partial charge in [0, 0.05) is 19.3 Å². The molecule has 0 heterocycles. The van der Waals surface area contributed by atoms with E-state index in [1.807, 2.05) is 62.4 Å². The number of amides is 2. The van der Waals surface area contributed by atoms with E-state index in [0.717, 1.165) is 16.8 Å². The summed E-state index contributed by atoms with van der Waals surface area (Å²) in [4.78, 5) is 27.9. The Bertz CT molecular complexity index is 739. The number of aryl methyl sites for hydroxylation is 2. The number of carbonyl (C=O) groups is 2. The molecule has 0 spiro atoms. The first-order valence-electron chi connectivity index (χ1n) is 8.68. The third-order valence-corrected chi connectivity index (χ3v) is 4.12. The second-order valence-corrected chi connectivity index (χ2v) is 6.82. The van der Waals surface area contributed by atoms with Gasteiger partial charge in [0.1, 0.15) is 0 Å². The lowest BCUT2D eigenvalue weighted by molar-refractivity contribution is -0.131. The van der Waals surface area contributed by atoms with E-state index in [2.05, 4.69) is 5.32 Å². The lowest BCUT2D eigenvalue weighted by Crippen LogP contribution is -2.39. The number of hydrogen-bond acceptors (Lipinski definition) is 3. The van der Waals surface area contributed by atoms with Crippen LogP contribution in [0.15, 0.2) is 48.5 Å². The molecule has 0 saturated carbocycles. The maximum Gasteiger partial charge on any atom is 0.238 e. The average molecular weight is 353 g/mol. The summed E-state index contributed by atoms with van der Waals surface area (Å²) in [5.74, 6) is -0.151. The van der Waals surface area contributed by atoms with Gasteiger partial charge in [-0.05, 0) is 38.6 Å². The highest BCUT2D eigenvalue weighted by Gasteiger charge is 2.14. The van der Waals surface area contributed by atoms with Gasteiger partial charge in [0.05, 0.1) is 13.1 Å². The molecule has 0 bridgehead atoms. The van der Waals surface area contributed by atoms with Crippen LogP contribution in [-0.4, -0.2) is 48.8 Å². The van der Waals surface area contributed by atoms with Crippen molar-refractivity contribution in [2.45, 2.75) is 20.4 Å². The molecule has 0 atom stereocenters. The molecule has 5 heteroatoms. The Labute approximate surface area is 155 Å². The Morgan fingerprint density at radius 2 is 1.38 bits per heavy atom. The fraction of sp³-hybridized carbons (Fsp3) is 0.333. The highest BCUT2D eigenvalue weighted by atomic mass is 16.2. The molecule has 0 aliphatic carbocycles. The van der Waals surface area contributed by atoms with Crippen molar-refractivity contribution in [3.8, 4) is 0 Å². The zero-order valence-electron chi connectivity index (χ0n) is 16.0. The fourth-order valence-electron chi connectivity index (χ4n) is 2.55. The van der Waals surface area contributed by atoms with Crippen LogP contribution in [0, 0.1) is 13.8 Å². The number of rotatable bonds is 7. The van der Waals surface area contributed by atoms with Crippen molar-refractivity contribution in [2.75, 3.05) is 32.5 Å². The highest BCUT2D eigenvalue weighted by Crippen LogP contribution is 2.09. The minimum Gasteiger partial charge on any atom is -0.340 e. The van der Waals surface area contributed by atoms with Crippen LogP contribution in [0.5, 0.6) is 0 Å². The number of anilines is 1. The molecule has 0 aliphatic rings. The first-order chi connectivity index (χ1) is 12.3. The monoisotopic (exact) mass is 353 g/mol. The Morgan fingerprint density at radius 1 is 0.846 bits per heavy atom. The van der Waals surface area contributed by atoms with E-state index in [4.69, 9.17) is 0 Å². The molecular formula is C21H27N3O2. The van der Waals surface area contributed by atoms with E-state index in [0.29, 0.717) is 6.54 Å². The third kappa shape index (κ3) is 6.33. The van der Waals surface area contributed by atoms with Crippen molar-refractivity contribution >= 4 is 17.5 Å². The van der Waals surface area contributed by atoms with Crippen LogP contribution in [0.25, 0.3) is 0 Å². The molecule has 5 nitrogen and oxygen atoms in total. The van der Waals surface area contributed by atoms with Gasteiger partial charge in [-0.2, -0.15) is 0 Å². The van der Waals surface area contributed by atoms with Gasteiger partial charge in [0.25, 0.3) is 0 Å². The summed E-state index contributed by atoms with van der Waals surface area (Å²) in [6.07, 6.45) is 0. The maximum atomic E-state index is 12.4. The minimum atomic E-state index is -0.134. The number of likely N-dealkylation sites (N-methyl/N-ethyl adjacent to an activating group) is 2. The molecule has 0 unspecified atom stereocenters. The number of benzene rings is 2. The Morgan fingerprint density at radius 3 is 1.96 bits per heavy atom. The van der Waals surface area contributed by atoms with E-state index in [1.165, 1.54) is 5.56 Å². The van der Waals surface area contributed by atoms with Crippen LogP contribution < -0.4 is 5.32 Å². The largest absolute Gasteiger partial charge is 0.340 e. The Balaban J connectivity index is 1.79. The molecule has 2 aromatic carbocycles. The summed E-state index contributed by atoms with van der Waals surface area (Å²) in [6, 6.07) is 15.8. The van der Waals surface area contributed by atoms with E-state index in [9.17, 15) is 9.59 Å². The average Bonchev–Trinajstić information content (AvgIpc) is 2.58. The van der Waals surface area contributed by atoms with Crippen LogP contribution in [0.1, 0.15) is 16.7 Å². The predicted octanol–water partition coefficient (Wildman–Crippen LogP) is 2.83. The molecule has 0 saturated heterocycles. The molecule has 1 N–H and O–H groups in total. The second kappa shape index (κ2) is 9.15. The van der Waals surface area contributed by atoms with Gasteiger partial charge < -0.3 is 10.2 Å². The molecule has 2 rings (SSSR count). The van der Waals surface area contributed by atoms with Crippen LogP contribution in [-0.2, 0) is 16.1 Å². The molecule has 2 amide bonds. The minimum absolute atomic E-state index is 0.0174. The number of carbonyl (C=O) groups excluding carboxylic acids is 2. The zero-order valence-corrected chi connectivity index (χ0v) is 16.0. The Hall–Kier alpha value is -2.66. The molecule has 0 aromatic heterocycles. The van der Waals surface area contributed by atoms with Gasteiger partial charge in [0.15, 0.2) is 0 Å². The van der Waals surface area contributed by atoms with E-state index in [1.54, 1.807) is 23.9 Å². The Kier molecular flexibility index (Phi) is 6.92. The fourth-order valence-corrected chi connectivity index (χ4v) is 2.55. The smallest absolute Gasteiger partial charge is 0.238 e. The van der Waals surface area contributed by atoms with E-state index >= 15 is 0 Å². The van der Waals surface area contributed by atoms with Crippen LogP contribution in [0.3, 0.4) is 0 Å². The third-order valence-electron chi connectivity index (χ3n) is 4.12. The first kappa shape index (κ1) is 19.7. The molecule has 2 aromatic rings. The van der Waals surface area contributed by atoms with Crippen molar-refractivity contribution in [1.29, 1.82) is 0 Å². The van der Waals surface area contributed by atoms with Crippen molar-refractivity contribution in [2.24, 2.45) is 0 Å². The lowest BCUT2D eigenvalue weighted by atomic mass is 10.1. The summed E-state index contributed by atoms with van der Waals surface area (Å²) >= 11 is 0. The number of hydrogen-bond donors (Lipinski definition) is 1. The second-order valence-electron chi connectivity index (χ2n) is 6.82. The van der Waals surface area contributed by atoms with Gasteiger partial charge in [0.2, 0.25) is 11.8 Å². The summed E-state index contributed by atoms with van der Waals surface area (Å²) in [7, 11) is 3.55. The molecule has 0 aliphatic heterocycles. The van der Waals surface area contributed by atoms with E-state index < -0.39 is 0 Å². The molecule has 0 radical (unpaired) electrons. The summed E-state index contributed by atoms with van der Waals surface area (Å²) in [6.45, 7) is 4.96.